The zero-order valence-electron chi connectivity index (χ0n) is 20.1. The largest absolute Gasteiger partial charge is 0.496 e. The highest BCUT2D eigenvalue weighted by Gasteiger charge is 2.35. The summed E-state index contributed by atoms with van der Waals surface area (Å²) in [7, 11) is 3.01. The summed E-state index contributed by atoms with van der Waals surface area (Å²) in [6.07, 6.45) is 1.57. The van der Waals surface area contributed by atoms with Crippen LogP contribution in [0.4, 0.5) is 5.69 Å². The van der Waals surface area contributed by atoms with E-state index >= 15 is 0 Å². The van der Waals surface area contributed by atoms with Crippen LogP contribution in [-0.2, 0) is 14.3 Å². The summed E-state index contributed by atoms with van der Waals surface area (Å²) in [5, 5.41) is 11.4. The molecule has 0 fully saturated rings. The molecule has 1 aliphatic heterocycles. The Morgan fingerprint density at radius 1 is 1.24 bits per heavy atom. The van der Waals surface area contributed by atoms with Gasteiger partial charge in [-0.25, -0.2) is 9.79 Å². The maximum Gasteiger partial charge on any atom is 0.338 e. The third-order valence-electron chi connectivity index (χ3n) is 5.66. The second-order valence-electron chi connectivity index (χ2n) is 7.92. The van der Waals surface area contributed by atoms with Gasteiger partial charge in [-0.2, -0.15) is 0 Å². The Balaban J connectivity index is 1.92. The van der Waals surface area contributed by atoms with Crippen molar-refractivity contribution in [2.75, 3.05) is 27.4 Å². The predicted molar refractivity (Wildman–Crippen MR) is 140 cm³/mol. The van der Waals surface area contributed by atoms with E-state index < -0.39 is 22.5 Å². The standard InChI is InChI=1S/C25H22BrN3O7S/c1-14-21(24(31)36-11-10-34-2)22(16-6-4-5-7-19(16)35-3)28-23(30)20(37-25(28)27-14)13-15-8-9-17(26)18(12-15)29(32)33/h4-9,12-13,22H,10-11H2,1-3H3. The van der Waals surface area contributed by atoms with Gasteiger partial charge in [0.15, 0.2) is 4.80 Å². The highest BCUT2D eigenvalue weighted by atomic mass is 79.9. The number of esters is 1. The number of thiazole rings is 1. The van der Waals surface area contributed by atoms with Crippen LogP contribution in [-0.4, -0.2) is 42.9 Å². The second kappa shape index (κ2) is 11.2. The first kappa shape index (κ1) is 26.5. The number of carbonyl (C=O) groups excluding carboxylic acids is 1. The van der Waals surface area contributed by atoms with Crippen molar-refractivity contribution in [1.29, 1.82) is 0 Å². The van der Waals surface area contributed by atoms with Gasteiger partial charge in [0, 0.05) is 18.7 Å². The molecule has 0 spiro atoms. The zero-order valence-corrected chi connectivity index (χ0v) is 22.5. The normalized spacial score (nSPS) is 15.2. The van der Waals surface area contributed by atoms with Crippen LogP contribution in [0.1, 0.15) is 24.1 Å². The van der Waals surface area contributed by atoms with Gasteiger partial charge in [0.05, 0.1) is 38.9 Å². The zero-order chi connectivity index (χ0) is 26.7. The molecule has 1 atom stereocenters. The quantitative estimate of drug-likeness (QED) is 0.172. The van der Waals surface area contributed by atoms with E-state index in [9.17, 15) is 19.7 Å². The minimum atomic E-state index is -0.858. The van der Waals surface area contributed by atoms with Crippen molar-refractivity contribution in [1.82, 2.24) is 4.57 Å². The number of nitrogens with zero attached hydrogens (tertiary/aromatic N) is 3. The van der Waals surface area contributed by atoms with Gasteiger partial charge < -0.3 is 14.2 Å². The smallest absolute Gasteiger partial charge is 0.338 e. The van der Waals surface area contributed by atoms with Crippen molar-refractivity contribution < 1.29 is 23.9 Å². The molecule has 0 N–H and O–H groups in total. The summed E-state index contributed by atoms with van der Waals surface area (Å²) < 4.78 is 18.0. The van der Waals surface area contributed by atoms with Gasteiger partial charge in [-0.3, -0.25) is 19.5 Å². The fourth-order valence-corrected chi connectivity index (χ4v) is 5.41. The van der Waals surface area contributed by atoms with Gasteiger partial charge in [0.25, 0.3) is 11.2 Å². The first-order chi connectivity index (χ1) is 17.8. The van der Waals surface area contributed by atoms with Crippen LogP contribution < -0.4 is 19.6 Å². The summed E-state index contributed by atoms with van der Waals surface area (Å²) in [5.41, 5.74) is 1.16. The molecular weight excluding hydrogens is 566 g/mol. The van der Waals surface area contributed by atoms with Gasteiger partial charge in [0.2, 0.25) is 0 Å². The third kappa shape index (κ3) is 5.26. The number of methoxy groups -OCH3 is 2. The van der Waals surface area contributed by atoms with Crippen LogP contribution in [0.5, 0.6) is 5.75 Å². The molecule has 0 saturated carbocycles. The van der Waals surface area contributed by atoms with E-state index in [2.05, 4.69) is 20.9 Å². The highest BCUT2D eigenvalue weighted by Crippen LogP contribution is 2.35. The molecule has 0 radical (unpaired) electrons. The molecule has 2 heterocycles. The number of hydrogen-bond donors (Lipinski definition) is 0. The van der Waals surface area contributed by atoms with Crippen molar-refractivity contribution >= 4 is 45.0 Å². The Labute approximate surface area is 223 Å². The van der Waals surface area contributed by atoms with Crippen LogP contribution in [0.3, 0.4) is 0 Å². The Morgan fingerprint density at radius 3 is 2.70 bits per heavy atom. The molecule has 0 saturated heterocycles. The molecule has 12 heteroatoms. The molecule has 4 rings (SSSR count). The maximum absolute atomic E-state index is 13.7. The minimum Gasteiger partial charge on any atom is -0.496 e. The van der Waals surface area contributed by atoms with E-state index in [1.165, 1.54) is 24.9 Å². The number of carbonyl (C=O) groups is 1. The van der Waals surface area contributed by atoms with E-state index in [1.807, 2.05) is 0 Å². The number of benzene rings is 2. The lowest BCUT2D eigenvalue weighted by atomic mass is 9.95. The molecule has 10 nitrogen and oxygen atoms in total. The molecule has 0 amide bonds. The minimum absolute atomic E-state index is 0.0392. The van der Waals surface area contributed by atoms with Gasteiger partial charge in [-0.15, -0.1) is 0 Å². The number of halogens is 1. The van der Waals surface area contributed by atoms with E-state index in [0.717, 1.165) is 11.3 Å². The van der Waals surface area contributed by atoms with Crippen LogP contribution in [0.15, 0.2) is 68.0 Å². The number of fused-ring (bicyclic) bond motifs is 1. The summed E-state index contributed by atoms with van der Waals surface area (Å²) >= 11 is 4.30. The number of allylic oxidation sites excluding steroid dienone is 1. The first-order valence-electron chi connectivity index (χ1n) is 11.0. The maximum atomic E-state index is 13.7. The lowest BCUT2D eigenvalue weighted by molar-refractivity contribution is -0.385. The molecule has 1 aliphatic rings. The molecule has 192 valence electrons. The average molecular weight is 588 g/mol. The van der Waals surface area contributed by atoms with Gasteiger partial charge in [-0.05, 0) is 46.6 Å². The van der Waals surface area contributed by atoms with Crippen molar-refractivity contribution in [3.8, 4) is 5.75 Å². The Morgan fingerprint density at radius 2 is 2.00 bits per heavy atom. The number of nitro benzene ring substituents is 1. The first-order valence-corrected chi connectivity index (χ1v) is 12.6. The van der Waals surface area contributed by atoms with Crippen LogP contribution in [0, 0.1) is 10.1 Å². The lowest BCUT2D eigenvalue weighted by Gasteiger charge is -2.26. The summed E-state index contributed by atoms with van der Waals surface area (Å²) in [6.45, 7) is 1.94. The number of nitro groups is 1. The van der Waals surface area contributed by atoms with E-state index in [1.54, 1.807) is 49.4 Å². The summed E-state index contributed by atoms with van der Waals surface area (Å²) in [4.78, 5) is 42.7. The average Bonchev–Trinajstić information content (AvgIpc) is 3.18. The Kier molecular flexibility index (Phi) is 8.00. The number of hydrogen-bond acceptors (Lipinski definition) is 9. The van der Waals surface area contributed by atoms with Gasteiger partial charge >= 0.3 is 5.97 Å². The van der Waals surface area contributed by atoms with Gasteiger partial charge in [-0.1, -0.05) is 35.6 Å². The fourth-order valence-electron chi connectivity index (χ4n) is 3.98. The molecule has 3 aromatic rings. The Bertz CT molecular complexity index is 1590. The highest BCUT2D eigenvalue weighted by molar-refractivity contribution is 9.10. The van der Waals surface area contributed by atoms with Crippen molar-refractivity contribution in [3.63, 3.8) is 0 Å². The summed E-state index contributed by atoms with van der Waals surface area (Å²) in [6, 6.07) is 10.8. The molecule has 0 bridgehead atoms. The predicted octanol–water partition coefficient (Wildman–Crippen LogP) is 3.10. The third-order valence-corrected chi connectivity index (χ3v) is 7.31. The lowest BCUT2D eigenvalue weighted by Crippen LogP contribution is -2.40. The topological polar surface area (TPSA) is 122 Å². The van der Waals surface area contributed by atoms with Crippen molar-refractivity contribution in [3.05, 3.63) is 99.1 Å². The molecular formula is C25H22BrN3O7S. The van der Waals surface area contributed by atoms with Gasteiger partial charge in [0.1, 0.15) is 18.4 Å². The van der Waals surface area contributed by atoms with Crippen LogP contribution >= 0.6 is 27.3 Å². The molecule has 1 unspecified atom stereocenters. The number of ether oxygens (including phenoxy) is 3. The van der Waals surface area contributed by atoms with Crippen molar-refractivity contribution in [2.24, 2.45) is 4.99 Å². The Hall–Kier alpha value is -3.61. The SMILES string of the molecule is COCCOC(=O)C1=C(C)N=c2sc(=Cc3ccc(Br)c([N+](=O)[O-])c3)c(=O)n2C1c1ccccc1OC. The monoisotopic (exact) mass is 587 g/mol. The van der Waals surface area contributed by atoms with Crippen LogP contribution in [0.2, 0.25) is 0 Å². The molecule has 2 aromatic carbocycles. The number of rotatable bonds is 8. The van der Waals surface area contributed by atoms with Crippen LogP contribution in [0.25, 0.3) is 6.08 Å². The van der Waals surface area contributed by atoms with Crippen molar-refractivity contribution in [2.45, 2.75) is 13.0 Å². The molecule has 37 heavy (non-hydrogen) atoms. The second-order valence-corrected chi connectivity index (χ2v) is 9.78. The van der Waals surface area contributed by atoms with E-state index in [0.29, 0.717) is 36.4 Å². The molecule has 1 aromatic heterocycles. The molecule has 0 aliphatic carbocycles. The van der Waals surface area contributed by atoms with E-state index in [4.69, 9.17) is 14.2 Å². The fraction of sp³-hybridized carbons (Fsp3) is 0.240. The number of aromatic nitrogens is 1. The summed E-state index contributed by atoms with van der Waals surface area (Å²) in [5.74, 6) is -0.130. The van der Waals surface area contributed by atoms with E-state index in [-0.39, 0.29) is 24.5 Å². The number of para-hydroxylation sites is 1.